The maximum absolute atomic E-state index is 12.4. The lowest BCUT2D eigenvalue weighted by molar-refractivity contribution is -0.120. The van der Waals surface area contributed by atoms with Crippen LogP contribution in [0, 0.1) is 6.92 Å². The molecule has 27 heavy (non-hydrogen) atoms. The number of nitrogens with one attached hydrogen (secondary N) is 1. The van der Waals surface area contributed by atoms with E-state index in [0.29, 0.717) is 13.0 Å². The topological polar surface area (TPSA) is 41.6 Å². The van der Waals surface area contributed by atoms with E-state index in [1.807, 2.05) is 31.2 Å². The van der Waals surface area contributed by atoms with Crippen LogP contribution in [0.4, 0.5) is 0 Å². The van der Waals surface area contributed by atoms with Crippen molar-refractivity contribution >= 4 is 5.91 Å². The molecule has 0 saturated carbocycles. The molecule has 0 aromatic heterocycles. The number of aryl methyl sites for hydroxylation is 1. The molecule has 1 aliphatic rings. The number of hydrogen-bond donors (Lipinski definition) is 1. The van der Waals surface area contributed by atoms with Crippen molar-refractivity contribution in [1.29, 1.82) is 0 Å². The predicted octanol–water partition coefficient (Wildman–Crippen LogP) is 3.85. The summed E-state index contributed by atoms with van der Waals surface area (Å²) in [6, 6.07) is 14.3. The Morgan fingerprint density at radius 2 is 1.81 bits per heavy atom. The normalized spacial score (nSPS) is 14.7. The van der Waals surface area contributed by atoms with E-state index in [2.05, 4.69) is 28.4 Å². The quantitative estimate of drug-likeness (QED) is 0.809. The number of methoxy groups -OCH3 is 1. The molecule has 4 heteroatoms. The second-order valence-corrected chi connectivity index (χ2v) is 7.36. The largest absolute Gasteiger partial charge is 0.496 e. The lowest BCUT2D eigenvalue weighted by Crippen LogP contribution is -2.30. The molecule has 1 aliphatic heterocycles. The molecule has 0 spiro atoms. The first-order valence-electron chi connectivity index (χ1n) is 9.85. The van der Waals surface area contributed by atoms with Crippen LogP contribution >= 0.6 is 0 Å². The highest BCUT2D eigenvalue weighted by molar-refractivity contribution is 5.78. The van der Waals surface area contributed by atoms with Crippen LogP contribution in [0.15, 0.2) is 42.5 Å². The Hall–Kier alpha value is -2.33. The molecule has 2 aromatic carbocycles. The average molecular weight is 367 g/mol. The number of amides is 1. The van der Waals surface area contributed by atoms with Crippen molar-refractivity contribution in [1.82, 2.24) is 10.2 Å². The molecule has 0 radical (unpaired) electrons. The molecule has 3 rings (SSSR count). The summed E-state index contributed by atoms with van der Waals surface area (Å²) in [6.45, 7) is 5.91. The van der Waals surface area contributed by atoms with Crippen LogP contribution in [0.5, 0.6) is 5.75 Å². The van der Waals surface area contributed by atoms with Crippen molar-refractivity contribution in [2.75, 3.05) is 20.2 Å². The van der Waals surface area contributed by atoms with E-state index >= 15 is 0 Å². The molecule has 0 aliphatic carbocycles. The summed E-state index contributed by atoms with van der Waals surface area (Å²) in [4.78, 5) is 14.9. The zero-order valence-corrected chi connectivity index (χ0v) is 16.5. The Labute approximate surface area is 162 Å². The van der Waals surface area contributed by atoms with Crippen molar-refractivity contribution in [2.24, 2.45) is 0 Å². The van der Waals surface area contributed by atoms with Gasteiger partial charge in [-0.25, -0.2) is 0 Å². The Balaban J connectivity index is 1.56. The molecule has 0 bridgehead atoms. The van der Waals surface area contributed by atoms with Crippen LogP contribution < -0.4 is 10.1 Å². The van der Waals surface area contributed by atoms with E-state index in [4.69, 9.17) is 4.74 Å². The summed E-state index contributed by atoms with van der Waals surface area (Å²) in [7, 11) is 1.66. The summed E-state index contributed by atoms with van der Waals surface area (Å²) >= 11 is 0. The molecule has 4 nitrogen and oxygen atoms in total. The van der Waals surface area contributed by atoms with Gasteiger partial charge in [0.25, 0.3) is 0 Å². The highest BCUT2D eigenvalue weighted by Gasteiger charge is 2.13. The Morgan fingerprint density at radius 3 is 2.52 bits per heavy atom. The first-order valence-corrected chi connectivity index (χ1v) is 9.85. The Morgan fingerprint density at radius 1 is 1.07 bits per heavy atom. The van der Waals surface area contributed by atoms with Gasteiger partial charge < -0.3 is 10.1 Å². The second-order valence-electron chi connectivity index (χ2n) is 7.36. The first kappa shape index (κ1) is 19.4. The minimum Gasteiger partial charge on any atom is -0.496 e. The van der Waals surface area contributed by atoms with E-state index in [-0.39, 0.29) is 5.91 Å². The second kappa shape index (κ2) is 9.56. The minimum absolute atomic E-state index is 0.0485. The fourth-order valence-electron chi connectivity index (χ4n) is 3.73. The molecule has 1 heterocycles. The lowest BCUT2D eigenvalue weighted by Gasteiger charge is -2.27. The molecule has 1 saturated heterocycles. The molecule has 2 aromatic rings. The number of nitrogens with zero attached hydrogens (tertiary/aromatic N) is 1. The Bertz CT molecular complexity index is 767. The van der Waals surface area contributed by atoms with E-state index in [0.717, 1.165) is 23.4 Å². The maximum Gasteiger partial charge on any atom is 0.224 e. The number of rotatable bonds is 7. The van der Waals surface area contributed by atoms with Crippen LogP contribution in [-0.4, -0.2) is 31.0 Å². The molecule has 1 N–H and O–H groups in total. The fraction of sp³-hybridized carbons (Fsp3) is 0.435. The Kier molecular flexibility index (Phi) is 6.88. The van der Waals surface area contributed by atoms with Gasteiger partial charge in [0.15, 0.2) is 0 Å². The van der Waals surface area contributed by atoms with Crippen molar-refractivity contribution in [3.05, 3.63) is 64.7 Å². The van der Waals surface area contributed by atoms with E-state index < -0.39 is 0 Å². The fourth-order valence-corrected chi connectivity index (χ4v) is 3.73. The molecule has 1 amide bonds. The monoisotopic (exact) mass is 366 g/mol. The van der Waals surface area contributed by atoms with Crippen molar-refractivity contribution < 1.29 is 9.53 Å². The third-order valence-electron chi connectivity index (χ3n) is 5.26. The van der Waals surface area contributed by atoms with Gasteiger partial charge in [0, 0.05) is 13.1 Å². The van der Waals surface area contributed by atoms with Crippen molar-refractivity contribution in [3.63, 3.8) is 0 Å². The maximum atomic E-state index is 12.4. The van der Waals surface area contributed by atoms with Crippen LogP contribution in [0.2, 0.25) is 0 Å². The SMILES string of the molecule is COc1ccc(CC(=O)NCc2ccccc2CN2CCCCC2)cc1C. The van der Waals surface area contributed by atoms with Crippen LogP contribution in [0.25, 0.3) is 0 Å². The smallest absolute Gasteiger partial charge is 0.224 e. The summed E-state index contributed by atoms with van der Waals surface area (Å²) in [6.07, 6.45) is 4.32. The average Bonchev–Trinajstić information content (AvgIpc) is 2.68. The van der Waals surface area contributed by atoms with Gasteiger partial charge in [-0.3, -0.25) is 9.69 Å². The molecule has 0 unspecified atom stereocenters. The summed E-state index contributed by atoms with van der Waals surface area (Å²) < 4.78 is 5.28. The number of carbonyl (C=O) groups excluding carboxylic acids is 1. The van der Waals surface area contributed by atoms with Gasteiger partial charge in [-0.05, 0) is 61.2 Å². The highest BCUT2D eigenvalue weighted by Crippen LogP contribution is 2.19. The first-order chi connectivity index (χ1) is 13.2. The van der Waals surface area contributed by atoms with E-state index in [9.17, 15) is 4.79 Å². The van der Waals surface area contributed by atoms with Gasteiger partial charge in [0.05, 0.1) is 13.5 Å². The minimum atomic E-state index is 0.0485. The summed E-state index contributed by atoms with van der Waals surface area (Å²) in [5.41, 5.74) is 4.59. The number of hydrogen-bond acceptors (Lipinski definition) is 3. The molecule has 1 fully saturated rings. The molecular weight excluding hydrogens is 336 g/mol. The lowest BCUT2D eigenvalue weighted by atomic mass is 10.0. The molecular formula is C23H30N2O2. The summed E-state index contributed by atoms with van der Waals surface area (Å²) in [5.74, 6) is 0.901. The van der Waals surface area contributed by atoms with Gasteiger partial charge in [-0.15, -0.1) is 0 Å². The van der Waals surface area contributed by atoms with Crippen LogP contribution in [0.1, 0.15) is 41.5 Å². The zero-order chi connectivity index (χ0) is 19.1. The molecule has 0 atom stereocenters. The number of ether oxygens (including phenoxy) is 1. The summed E-state index contributed by atoms with van der Waals surface area (Å²) in [5, 5.41) is 3.08. The van der Waals surface area contributed by atoms with Gasteiger partial charge in [-0.1, -0.05) is 42.8 Å². The van der Waals surface area contributed by atoms with Crippen molar-refractivity contribution in [2.45, 2.75) is 45.7 Å². The standard InChI is InChI=1S/C23H30N2O2/c1-18-14-19(10-11-22(18)27-2)15-23(26)24-16-20-8-4-5-9-21(20)17-25-12-6-3-7-13-25/h4-5,8-11,14H,3,6-7,12-13,15-17H2,1-2H3,(H,24,26). The van der Waals surface area contributed by atoms with Gasteiger partial charge >= 0.3 is 0 Å². The van der Waals surface area contributed by atoms with Gasteiger partial charge in [0.2, 0.25) is 5.91 Å². The number of piperidine rings is 1. The highest BCUT2D eigenvalue weighted by atomic mass is 16.5. The van der Waals surface area contributed by atoms with Gasteiger partial charge in [-0.2, -0.15) is 0 Å². The number of likely N-dealkylation sites (tertiary alicyclic amines) is 1. The van der Waals surface area contributed by atoms with E-state index in [1.165, 1.54) is 43.5 Å². The van der Waals surface area contributed by atoms with Crippen LogP contribution in [-0.2, 0) is 24.3 Å². The third kappa shape index (κ3) is 5.57. The number of benzene rings is 2. The zero-order valence-electron chi connectivity index (χ0n) is 16.5. The molecule has 144 valence electrons. The van der Waals surface area contributed by atoms with Gasteiger partial charge in [0.1, 0.15) is 5.75 Å². The van der Waals surface area contributed by atoms with E-state index in [1.54, 1.807) is 7.11 Å². The predicted molar refractivity (Wildman–Crippen MR) is 109 cm³/mol. The van der Waals surface area contributed by atoms with Crippen molar-refractivity contribution in [3.8, 4) is 5.75 Å². The number of carbonyl (C=O) groups is 1. The van der Waals surface area contributed by atoms with Crippen LogP contribution in [0.3, 0.4) is 0 Å². The third-order valence-corrected chi connectivity index (χ3v) is 5.26.